The summed E-state index contributed by atoms with van der Waals surface area (Å²) in [5.74, 6) is -2.11. The van der Waals surface area contributed by atoms with Gasteiger partial charge in [-0.25, -0.2) is 9.59 Å². The van der Waals surface area contributed by atoms with E-state index in [1.54, 1.807) is 0 Å². The first-order valence-corrected chi connectivity index (χ1v) is 5.36. The van der Waals surface area contributed by atoms with E-state index in [1.165, 1.54) is 0 Å². The number of carbonyl (C=O) groups is 4. The Morgan fingerprint density at radius 3 is 2.58 bits per heavy atom. The van der Waals surface area contributed by atoms with Crippen molar-refractivity contribution < 1.29 is 33.4 Å². The lowest BCUT2D eigenvalue weighted by molar-refractivity contribution is -0.150. The molecular formula is C10H14N2O7. The lowest BCUT2D eigenvalue weighted by Crippen LogP contribution is -2.50. The van der Waals surface area contributed by atoms with Gasteiger partial charge in [-0.2, -0.15) is 0 Å². The molecule has 1 saturated heterocycles. The van der Waals surface area contributed by atoms with Crippen LogP contribution < -0.4 is 10.6 Å². The fourth-order valence-corrected chi connectivity index (χ4v) is 1.38. The molecule has 2 atom stereocenters. The summed E-state index contributed by atoms with van der Waals surface area (Å²) in [6, 6.07) is -2.08. The lowest BCUT2D eigenvalue weighted by atomic mass is 10.2. The first-order chi connectivity index (χ1) is 8.97. The predicted molar refractivity (Wildman–Crippen MR) is 58.9 cm³/mol. The summed E-state index contributed by atoms with van der Waals surface area (Å²) in [4.78, 5) is 45.0. The molecule has 106 valence electrons. The molecule has 1 aliphatic heterocycles. The Morgan fingerprint density at radius 1 is 1.42 bits per heavy atom. The van der Waals surface area contributed by atoms with Crippen molar-refractivity contribution in [2.24, 2.45) is 0 Å². The summed E-state index contributed by atoms with van der Waals surface area (Å²) < 4.78 is 13.4. The van der Waals surface area contributed by atoms with Crippen LogP contribution >= 0.6 is 0 Å². The topological polar surface area (TPSA) is 120 Å². The normalized spacial score (nSPS) is 18.8. The Balaban J connectivity index is 2.61. The molecule has 0 bridgehead atoms. The molecule has 0 aromatic heterocycles. The Bertz CT molecular complexity index is 395. The summed E-state index contributed by atoms with van der Waals surface area (Å²) in [5, 5.41) is 4.53. The zero-order chi connectivity index (χ0) is 14.4. The van der Waals surface area contributed by atoms with Crippen molar-refractivity contribution in [3.05, 3.63) is 0 Å². The van der Waals surface area contributed by atoms with Gasteiger partial charge in [-0.05, 0) is 0 Å². The van der Waals surface area contributed by atoms with E-state index in [-0.39, 0.29) is 13.0 Å². The third-order valence-corrected chi connectivity index (χ3v) is 2.39. The van der Waals surface area contributed by atoms with E-state index in [9.17, 15) is 19.2 Å². The summed E-state index contributed by atoms with van der Waals surface area (Å²) >= 11 is 0. The number of carbonyl (C=O) groups excluding carboxylic acids is 4. The maximum Gasteiger partial charge on any atom is 0.407 e. The molecule has 0 radical (unpaired) electrons. The summed E-state index contributed by atoms with van der Waals surface area (Å²) in [6.45, 7) is -0.142. The molecule has 0 aliphatic carbocycles. The average Bonchev–Trinajstić information content (AvgIpc) is 2.83. The van der Waals surface area contributed by atoms with E-state index in [1.807, 2.05) is 0 Å². The van der Waals surface area contributed by atoms with E-state index in [2.05, 4.69) is 24.8 Å². The van der Waals surface area contributed by atoms with Gasteiger partial charge in [-0.15, -0.1) is 0 Å². The van der Waals surface area contributed by atoms with Crippen LogP contribution in [0.2, 0.25) is 0 Å². The molecule has 2 amide bonds. The molecule has 9 nitrogen and oxygen atoms in total. The fraction of sp³-hybridized carbons (Fsp3) is 0.600. The molecule has 1 fully saturated rings. The zero-order valence-electron chi connectivity index (χ0n) is 10.4. The molecule has 0 unspecified atom stereocenters. The Labute approximate surface area is 108 Å². The molecule has 1 rings (SSSR count). The number of nitrogens with one attached hydrogen (secondary N) is 2. The van der Waals surface area contributed by atoms with Gasteiger partial charge in [0.2, 0.25) is 5.91 Å². The quantitative estimate of drug-likeness (QED) is 0.453. The minimum absolute atomic E-state index is 0.142. The molecule has 0 spiro atoms. The summed E-state index contributed by atoms with van der Waals surface area (Å²) in [7, 11) is 2.28. The number of hydrogen-bond acceptors (Lipinski definition) is 7. The van der Waals surface area contributed by atoms with E-state index in [0.717, 1.165) is 14.2 Å². The average molecular weight is 274 g/mol. The van der Waals surface area contributed by atoms with Crippen molar-refractivity contribution in [1.29, 1.82) is 0 Å². The highest BCUT2D eigenvalue weighted by Gasteiger charge is 2.33. The number of amides is 2. The van der Waals surface area contributed by atoms with Crippen LogP contribution in [0.15, 0.2) is 0 Å². The molecule has 19 heavy (non-hydrogen) atoms. The Morgan fingerprint density at radius 2 is 2.11 bits per heavy atom. The van der Waals surface area contributed by atoms with Crippen molar-refractivity contribution in [2.45, 2.75) is 18.5 Å². The first kappa shape index (κ1) is 14.7. The SMILES string of the molecule is COC(=O)C[C@@H](NC(=O)[C@@H]1COC(=O)N1)C(=O)OC. The largest absolute Gasteiger partial charge is 0.469 e. The number of ether oxygens (including phenoxy) is 3. The van der Waals surface area contributed by atoms with Gasteiger partial charge in [0.1, 0.15) is 18.7 Å². The van der Waals surface area contributed by atoms with Gasteiger partial charge in [0.25, 0.3) is 0 Å². The van der Waals surface area contributed by atoms with Crippen molar-refractivity contribution in [3.63, 3.8) is 0 Å². The van der Waals surface area contributed by atoms with Crippen LogP contribution in [-0.2, 0) is 28.6 Å². The molecule has 1 aliphatic rings. The fourth-order valence-electron chi connectivity index (χ4n) is 1.38. The smallest absolute Gasteiger partial charge is 0.407 e. The minimum Gasteiger partial charge on any atom is -0.469 e. The monoisotopic (exact) mass is 274 g/mol. The molecule has 1 heterocycles. The van der Waals surface area contributed by atoms with E-state index >= 15 is 0 Å². The van der Waals surface area contributed by atoms with Gasteiger partial charge in [0.05, 0.1) is 20.6 Å². The highest BCUT2D eigenvalue weighted by atomic mass is 16.6. The second-order valence-corrected chi connectivity index (χ2v) is 3.66. The lowest BCUT2D eigenvalue weighted by Gasteiger charge is -2.17. The number of methoxy groups -OCH3 is 2. The third-order valence-electron chi connectivity index (χ3n) is 2.39. The second kappa shape index (κ2) is 6.57. The van der Waals surface area contributed by atoms with Gasteiger partial charge in [-0.1, -0.05) is 0 Å². The number of hydrogen-bond donors (Lipinski definition) is 2. The van der Waals surface area contributed by atoms with E-state index < -0.39 is 36.0 Å². The van der Waals surface area contributed by atoms with E-state index in [0.29, 0.717) is 0 Å². The summed E-state index contributed by atoms with van der Waals surface area (Å²) in [5.41, 5.74) is 0. The predicted octanol–water partition coefficient (Wildman–Crippen LogP) is -1.68. The Hall–Kier alpha value is -2.32. The Kier molecular flexibility index (Phi) is 5.10. The van der Waals surface area contributed by atoms with Crippen LogP contribution in [0.5, 0.6) is 0 Å². The molecule has 2 N–H and O–H groups in total. The van der Waals surface area contributed by atoms with Gasteiger partial charge in [0.15, 0.2) is 0 Å². The number of alkyl carbamates (subject to hydrolysis) is 1. The van der Waals surface area contributed by atoms with Crippen LogP contribution in [0, 0.1) is 0 Å². The third kappa shape index (κ3) is 4.12. The van der Waals surface area contributed by atoms with Crippen LogP contribution in [0.4, 0.5) is 4.79 Å². The van der Waals surface area contributed by atoms with Gasteiger partial charge in [0, 0.05) is 0 Å². The molecule has 9 heteroatoms. The first-order valence-electron chi connectivity index (χ1n) is 5.36. The van der Waals surface area contributed by atoms with Crippen LogP contribution in [0.3, 0.4) is 0 Å². The standard InChI is InChI=1S/C10H14N2O7/c1-17-7(13)3-5(9(15)18-2)11-8(14)6-4-19-10(16)12-6/h5-6H,3-4H2,1-2H3,(H,11,14)(H,12,16)/t5-,6+/m1/s1. The molecular weight excluding hydrogens is 260 g/mol. The van der Waals surface area contributed by atoms with Gasteiger partial charge >= 0.3 is 18.0 Å². The maximum absolute atomic E-state index is 11.7. The van der Waals surface area contributed by atoms with Crippen LogP contribution in [0.1, 0.15) is 6.42 Å². The van der Waals surface area contributed by atoms with Crippen molar-refractivity contribution in [3.8, 4) is 0 Å². The molecule has 0 aromatic rings. The van der Waals surface area contributed by atoms with Crippen molar-refractivity contribution in [2.75, 3.05) is 20.8 Å². The van der Waals surface area contributed by atoms with Gasteiger partial charge in [-0.3, -0.25) is 9.59 Å². The van der Waals surface area contributed by atoms with Crippen LogP contribution in [0.25, 0.3) is 0 Å². The van der Waals surface area contributed by atoms with E-state index in [4.69, 9.17) is 0 Å². The maximum atomic E-state index is 11.7. The number of cyclic esters (lactones) is 1. The summed E-state index contributed by atoms with van der Waals surface area (Å²) in [6.07, 6.45) is -1.08. The highest BCUT2D eigenvalue weighted by molar-refractivity contribution is 5.92. The highest BCUT2D eigenvalue weighted by Crippen LogP contribution is 2.02. The second-order valence-electron chi connectivity index (χ2n) is 3.66. The van der Waals surface area contributed by atoms with Gasteiger partial charge < -0.3 is 24.8 Å². The van der Waals surface area contributed by atoms with Crippen LogP contribution in [-0.4, -0.2) is 56.8 Å². The van der Waals surface area contributed by atoms with Crippen molar-refractivity contribution >= 4 is 23.9 Å². The van der Waals surface area contributed by atoms with Crippen molar-refractivity contribution in [1.82, 2.24) is 10.6 Å². The minimum atomic E-state index is -1.18. The number of rotatable bonds is 5. The number of esters is 2. The molecule has 0 saturated carbocycles. The zero-order valence-corrected chi connectivity index (χ0v) is 10.4. The molecule has 0 aromatic carbocycles.